The van der Waals surface area contributed by atoms with Crippen LogP contribution in [0.2, 0.25) is 0 Å². The molecule has 0 radical (unpaired) electrons. The number of anilines is 1. The molecule has 0 bridgehead atoms. The average Bonchev–Trinajstić information content (AvgIpc) is 3.32. The number of hydrogen-bond donors (Lipinski definition) is 1. The van der Waals surface area contributed by atoms with Gasteiger partial charge in [0.05, 0.1) is 12.3 Å². The number of amides is 2. The average molecular weight is 416 g/mol. The summed E-state index contributed by atoms with van der Waals surface area (Å²) >= 11 is 1.23. The van der Waals surface area contributed by atoms with Crippen molar-refractivity contribution >= 4 is 45.0 Å². The predicted molar refractivity (Wildman–Crippen MR) is 111 cm³/mol. The topological polar surface area (TPSA) is 88.6 Å². The van der Waals surface area contributed by atoms with Crippen LogP contribution >= 0.6 is 11.3 Å². The first-order chi connectivity index (χ1) is 14.1. The highest BCUT2D eigenvalue weighted by atomic mass is 32.1. The highest BCUT2D eigenvalue weighted by Crippen LogP contribution is 2.37. The molecule has 2 amide bonds. The number of aromatic nitrogens is 1. The van der Waals surface area contributed by atoms with Crippen LogP contribution in [-0.4, -0.2) is 46.9 Å². The lowest BCUT2D eigenvalue weighted by atomic mass is 9.84. The number of hydrogen-bond acceptors (Lipinski definition) is 6. The SMILES string of the molecule is CCOC(=O)c1sc2ncccc2c1NC(=O)C1CCC(N2CCCC2=O)CC1. The van der Waals surface area contributed by atoms with E-state index in [1.807, 2.05) is 11.0 Å². The predicted octanol–water partition coefficient (Wildman–Crippen LogP) is 3.59. The molecule has 3 heterocycles. The molecule has 0 spiro atoms. The summed E-state index contributed by atoms with van der Waals surface area (Å²) in [5.41, 5.74) is 0.499. The van der Waals surface area contributed by atoms with Gasteiger partial charge in [-0.3, -0.25) is 9.59 Å². The van der Waals surface area contributed by atoms with Gasteiger partial charge in [0.2, 0.25) is 11.8 Å². The van der Waals surface area contributed by atoms with Crippen LogP contribution in [0.3, 0.4) is 0 Å². The lowest BCUT2D eigenvalue weighted by molar-refractivity contribution is -0.130. The minimum Gasteiger partial charge on any atom is -0.462 e. The second-order valence-corrected chi connectivity index (χ2v) is 8.57. The number of pyridine rings is 1. The fourth-order valence-corrected chi connectivity index (χ4v) is 5.32. The minimum atomic E-state index is -0.443. The first-order valence-electron chi connectivity index (χ1n) is 10.2. The Labute approximate surface area is 173 Å². The molecule has 2 aromatic rings. The number of carbonyl (C=O) groups is 3. The van der Waals surface area contributed by atoms with Gasteiger partial charge >= 0.3 is 5.97 Å². The number of fused-ring (bicyclic) bond motifs is 1. The van der Waals surface area contributed by atoms with Crippen LogP contribution in [-0.2, 0) is 14.3 Å². The van der Waals surface area contributed by atoms with Crippen molar-refractivity contribution in [3.05, 3.63) is 23.2 Å². The molecule has 1 N–H and O–H groups in total. The molecule has 2 aliphatic rings. The zero-order valence-corrected chi connectivity index (χ0v) is 17.3. The molecule has 7 nitrogen and oxygen atoms in total. The summed E-state index contributed by atoms with van der Waals surface area (Å²) in [5, 5.41) is 3.74. The Kier molecular flexibility index (Phi) is 5.80. The van der Waals surface area contributed by atoms with Gasteiger partial charge in [-0.25, -0.2) is 9.78 Å². The standard InChI is InChI=1S/C21H25N3O4S/c1-2-28-21(27)18-17(15-5-3-11-22-20(15)29-18)23-19(26)13-7-9-14(10-8-13)24-12-4-6-16(24)25/h3,5,11,13-14H,2,4,6-10,12H2,1H3,(H,23,26). The van der Waals surface area contributed by atoms with E-state index >= 15 is 0 Å². The third-order valence-electron chi connectivity index (χ3n) is 5.79. The molecule has 1 aliphatic heterocycles. The molecule has 154 valence electrons. The molecule has 1 saturated heterocycles. The zero-order valence-electron chi connectivity index (χ0n) is 16.5. The van der Waals surface area contributed by atoms with Gasteiger partial charge in [-0.1, -0.05) is 0 Å². The number of thiophene rings is 1. The monoisotopic (exact) mass is 415 g/mol. The Hall–Kier alpha value is -2.48. The van der Waals surface area contributed by atoms with E-state index in [0.29, 0.717) is 21.8 Å². The second kappa shape index (κ2) is 8.49. The van der Waals surface area contributed by atoms with Crippen molar-refractivity contribution in [3.63, 3.8) is 0 Å². The Morgan fingerprint density at radius 2 is 2.10 bits per heavy atom. The minimum absolute atomic E-state index is 0.0784. The van der Waals surface area contributed by atoms with Crippen molar-refractivity contribution in [2.45, 2.75) is 51.5 Å². The summed E-state index contributed by atoms with van der Waals surface area (Å²) < 4.78 is 5.16. The maximum absolute atomic E-state index is 13.0. The van der Waals surface area contributed by atoms with E-state index in [0.717, 1.165) is 44.0 Å². The van der Waals surface area contributed by atoms with Crippen molar-refractivity contribution in [1.29, 1.82) is 0 Å². The number of esters is 1. The molecule has 1 saturated carbocycles. The molecule has 0 aromatic carbocycles. The summed E-state index contributed by atoms with van der Waals surface area (Å²) in [4.78, 5) is 44.7. The molecular weight excluding hydrogens is 390 g/mol. The van der Waals surface area contributed by atoms with E-state index in [4.69, 9.17) is 4.74 Å². The van der Waals surface area contributed by atoms with Gasteiger partial charge in [0, 0.05) is 36.5 Å². The number of likely N-dealkylation sites (tertiary alicyclic amines) is 1. The normalized spacial score (nSPS) is 22.1. The van der Waals surface area contributed by atoms with E-state index in [9.17, 15) is 14.4 Å². The molecular formula is C21H25N3O4S. The molecule has 0 atom stereocenters. The Balaban J connectivity index is 1.47. The largest absolute Gasteiger partial charge is 0.462 e. The highest BCUT2D eigenvalue weighted by molar-refractivity contribution is 7.21. The number of nitrogens with zero attached hydrogens (tertiary/aromatic N) is 2. The quantitative estimate of drug-likeness (QED) is 0.754. The number of carbonyl (C=O) groups excluding carboxylic acids is 3. The van der Waals surface area contributed by atoms with Gasteiger partial charge in [0.1, 0.15) is 9.71 Å². The maximum atomic E-state index is 13.0. The summed E-state index contributed by atoms with van der Waals surface area (Å²) in [6, 6.07) is 3.90. The van der Waals surface area contributed by atoms with Gasteiger partial charge < -0.3 is 15.0 Å². The van der Waals surface area contributed by atoms with Gasteiger partial charge in [-0.15, -0.1) is 11.3 Å². The smallest absolute Gasteiger partial charge is 0.350 e. The van der Waals surface area contributed by atoms with Crippen LogP contribution in [0.1, 0.15) is 55.1 Å². The van der Waals surface area contributed by atoms with E-state index in [1.165, 1.54) is 11.3 Å². The van der Waals surface area contributed by atoms with Gasteiger partial charge in [0.15, 0.2) is 0 Å². The molecule has 1 aliphatic carbocycles. The first kappa shape index (κ1) is 19.8. The van der Waals surface area contributed by atoms with Crippen molar-refractivity contribution in [3.8, 4) is 0 Å². The molecule has 4 rings (SSSR count). The molecule has 8 heteroatoms. The second-order valence-electron chi connectivity index (χ2n) is 7.57. The van der Waals surface area contributed by atoms with E-state index in [-0.39, 0.29) is 30.4 Å². The van der Waals surface area contributed by atoms with E-state index < -0.39 is 5.97 Å². The summed E-state index contributed by atoms with van der Waals surface area (Å²) in [5.74, 6) is -0.396. The first-order valence-corrected chi connectivity index (χ1v) is 11.0. The lowest BCUT2D eigenvalue weighted by Crippen LogP contribution is -2.40. The van der Waals surface area contributed by atoms with Gasteiger partial charge in [-0.2, -0.15) is 0 Å². The van der Waals surface area contributed by atoms with Crippen molar-refractivity contribution in [2.75, 3.05) is 18.5 Å². The molecule has 0 unspecified atom stereocenters. The summed E-state index contributed by atoms with van der Waals surface area (Å²) in [6.45, 7) is 2.87. The third-order valence-corrected chi connectivity index (χ3v) is 6.89. The van der Waals surface area contributed by atoms with Gasteiger partial charge in [0.25, 0.3) is 0 Å². The van der Waals surface area contributed by atoms with Crippen LogP contribution in [0.4, 0.5) is 5.69 Å². The van der Waals surface area contributed by atoms with Crippen LogP contribution in [0.5, 0.6) is 0 Å². The van der Waals surface area contributed by atoms with Crippen molar-refractivity contribution in [1.82, 2.24) is 9.88 Å². The van der Waals surface area contributed by atoms with E-state index in [2.05, 4.69) is 10.3 Å². The van der Waals surface area contributed by atoms with E-state index in [1.54, 1.807) is 19.2 Å². The van der Waals surface area contributed by atoms with Crippen molar-refractivity contribution in [2.24, 2.45) is 5.92 Å². The Morgan fingerprint density at radius 3 is 2.79 bits per heavy atom. The van der Waals surface area contributed by atoms with Crippen LogP contribution in [0, 0.1) is 5.92 Å². The van der Waals surface area contributed by atoms with Crippen LogP contribution in [0.15, 0.2) is 18.3 Å². The Bertz CT molecular complexity index is 933. The summed E-state index contributed by atoms with van der Waals surface area (Å²) in [7, 11) is 0. The molecule has 2 fully saturated rings. The fourth-order valence-electron chi connectivity index (χ4n) is 4.33. The number of rotatable bonds is 5. The molecule has 2 aromatic heterocycles. The zero-order chi connectivity index (χ0) is 20.4. The summed E-state index contributed by atoms with van der Waals surface area (Å²) in [6.07, 6.45) is 6.44. The fraction of sp³-hybridized carbons (Fsp3) is 0.524. The van der Waals surface area contributed by atoms with Crippen molar-refractivity contribution < 1.29 is 19.1 Å². The molecule has 29 heavy (non-hydrogen) atoms. The third kappa shape index (κ3) is 3.99. The van der Waals surface area contributed by atoms with Crippen LogP contribution < -0.4 is 5.32 Å². The Morgan fingerprint density at radius 1 is 1.31 bits per heavy atom. The maximum Gasteiger partial charge on any atom is 0.350 e. The van der Waals surface area contributed by atoms with Crippen LogP contribution in [0.25, 0.3) is 10.2 Å². The van der Waals surface area contributed by atoms with Gasteiger partial charge in [-0.05, 0) is 51.2 Å². The highest BCUT2D eigenvalue weighted by Gasteiger charge is 2.34. The lowest BCUT2D eigenvalue weighted by Gasteiger charge is -2.34. The number of nitrogens with one attached hydrogen (secondary N) is 1. The number of ether oxygens (including phenoxy) is 1.